The first-order valence-corrected chi connectivity index (χ1v) is 9.79. The largest absolute Gasteiger partial charge is 0.372 e. The van der Waals surface area contributed by atoms with Gasteiger partial charge in [-0.15, -0.1) is 0 Å². The molecule has 0 heterocycles. The van der Waals surface area contributed by atoms with Crippen LogP contribution in [0.25, 0.3) is 17.2 Å². The third-order valence-electron chi connectivity index (χ3n) is 4.28. The lowest BCUT2D eigenvalue weighted by Gasteiger charge is -2.15. The molecule has 0 aliphatic rings. The van der Waals surface area contributed by atoms with Crippen LogP contribution in [0, 0.1) is 52.4 Å². The smallest absolute Gasteiger partial charge is 0.339 e. The van der Waals surface area contributed by atoms with Gasteiger partial charge in [0.05, 0.1) is 11.1 Å². The summed E-state index contributed by atoms with van der Waals surface area (Å²) in [5.41, 5.74) is -4.19. The zero-order valence-corrected chi connectivity index (χ0v) is 16.4. The van der Waals surface area contributed by atoms with E-state index in [9.17, 15) is 47.9 Å². The van der Waals surface area contributed by atoms with E-state index in [0.29, 0.717) is 5.56 Å². The maximum atomic E-state index is 14.4. The van der Waals surface area contributed by atoms with Gasteiger partial charge in [0.2, 0.25) is 23.2 Å². The number of hydrogen-bond donors (Lipinski definition) is 0. The van der Waals surface area contributed by atoms with Gasteiger partial charge < -0.3 is 4.18 Å². The molecule has 0 radical (unpaired) electrons. The van der Waals surface area contributed by atoms with Crippen molar-refractivity contribution in [3.05, 3.63) is 88.8 Å². The fourth-order valence-corrected chi connectivity index (χ4v) is 3.59. The van der Waals surface area contributed by atoms with Crippen LogP contribution in [0.4, 0.5) is 39.5 Å². The molecule has 33 heavy (non-hydrogen) atoms. The standard InChI is InChI=1S/C20H7F9O3S/c1-2-7-3-5-8(6-4-7)33(30,31)32-20-18(28)13(23)10(14(24)19(20)29)9-11(21)15(25)17(27)16(26)12(9)22/h2-6H,1H2. The van der Waals surface area contributed by atoms with E-state index in [1.54, 1.807) is 0 Å². The van der Waals surface area contributed by atoms with Crippen molar-refractivity contribution in [2.45, 2.75) is 4.90 Å². The van der Waals surface area contributed by atoms with Crippen molar-refractivity contribution in [2.24, 2.45) is 0 Å². The summed E-state index contributed by atoms with van der Waals surface area (Å²) < 4.78 is 154. The van der Waals surface area contributed by atoms with Crippen LogP contribution in [-0.2, 0) is 10.1 Å². The van der Waals surface area contributed by atoms with Crippen LogP contribution < -0.4 is 4.18 Å². The molecule has 174 valence electrons. The maximum absolute atomic E-state index is 14.4. The molecule has 0 saturated carbocycles. The molecule has 0 unspecified atom stereocenters. The summed E-state index contributed by atoms with van der Waals surface area (Å²) in [5, 5.41) is 0. The van der Waals surface area contributed by atoms with E-state index in [-0.39, 0.29) is 0 Å². The van der Waals surface area contributed by atoms with Crippen LogP contribution in [0.5, 0.6) is 5.75 Å². The lowest BCUT2D eigenvalue weighted by atomic mass is 10.0. The van der Waals surface area contributed by atoms with Gasteiger partial charge in [0.25, 0.3) is 0 Å². The molecule has 0 spiro atoms. The number of benzene rings is 3. The minimum atomic E-state index is -5.10. The van der Waals surface area contributed by atoms with E-state index in [2.05, 4.69) is 10.8 Å². The lowest BCUT2D eigenvalue weighted by molar-refractivity contribution is 0.375. The molecule has 0 bridgehead atoms. The fraction of sp³-hybridized carbons (Fsp3) is 0. The molecule has 0 aliphatic carbocycles. The first kappa shape index (κ1) is 24.2. The Balaban J connectivity index is 2.22. The van der Waals surface area contributed by atoms with Crippen LogP contribution >= 0.6 is 0 Å². The molecule has 3 aromatic rings. The molecule has 3 aromatic carbocycles. The fourth-order valence-electron chi connectivity index (χ4n) is 2.66. The molecule has 0 saturated heterocycles. The predicted octanol–water partition coefficient (Wildman–Crippen LogP) is 6.02. The van der Waals surface area contributed by atoms with Gasteiger partial charge in [0, 0.05) is 0 Å². The van der Waals surface area contributed by atoms with Gasteiger partial charge in [-0.2, -0.15) is 17.2 Å². The molecule has 0 N–H and O–H groups in total. The average molecular weight is 498 g/mol. The molecule has 0 amide bonds. The van der Waals surface area contributed by atoms with Gasteiger partial charge in [0.1, 0.15) is 4.90 Å². The van der Waals surface area contributed by atoms with Crippen LogP contribution in [0.2, 0.25) is 0 Å². The Morgan fingerprint density at radius 1 is 0.606 bits per heavy atom. The monoisotopic (exact) mass is 498 g/mol. The third-order valence-corrected chi connectivity index (χ3v) is 5.52. The van der Waals surface area contributed by atoms with E-state index < -0.39 is 84.2 Å². The first-order chi connectivity index (χ1) is 15.3. The summed E-state index contributed by atoms with van der Waals surface area (Å²) >= 11 is 0. The van der Waals surface area contributed by atoms with Gasteiger partial charge >= 0.3 is 10.1 Å². The zero-order chi connectivity index (χ0) is 24.8. The highest BCUT2D eigenvalue weighted by Crippen LogP contribution is 2.40. The summed E-state index contributed by atoms with van der Waals surface area (Å²) in [4.78, 5) is -0.712. The molecular weight excluding hydrogens is 491 g/mol. The van der Waals surface area contributed by atoms with E-state index in [1.165, 1.54) is 18.2 Å². The molecule has 3 rings (SSSR count). The first-order valence-electron chi connectivity index (χ1n) is 8.38. The second kappa shape index (κ2) is 8.46. The van der Waals surface area contributed by atoms with E-state index in [0.717, 1.165) is 12.1 Å². The van der Waals surface area contributed by atoms with Gasteiger partial charge in [0.15, 0.2) is 34.9 Å². The van der Waals surface area contributed by atoms with Crippen molar-refractivity contribution in [1.82, 2.24) is 0 Å². The Bertz CT molecular complexity index is 1340. The van der Waals surface area contributed by atoms with E-state index in [1.807, 2.05) is 0 Å². The highest BCUT2D eigenvalue weighted by Gasteiger charge is 2.36. The van der Waals surface area contributed by atoms with Gasteiger partial charge in [-0.3, -0.25) is 0 Å². The zero-order valence-electron chi connectivity index (χ0n) is 15.6. The molecular formula is C20H7F9O3S. The summed E-state index contributed by atoms with van der Waals surface area (Å²) in [7, 11) is -5.10. The van der Waals surface area contributed by atoms with Crippen LogP contribution in [0.15, 0.2) is 35.7 Å². The summed E-state index contributed by atoms with van der Waals surface area (Å²) in [6, 6.07) is 4.20. The van der Waals surface area contributed by atoms with Crippen molar-refractivity contribution >= 4 is 16.2 Å². The van der Waals surface area contributed by atoms with Gasteiger partial charge in [-0.1, -0.05) is 24.8 Å². The number of hydrogen-bond acceptors (Lipinski definition) is 3. The SMILES string of the molecule is C=Cc1ccc(S(=O)(=O)Oc2c(F)c(F)c(-c3c(F)c(F)c(F)c(F)c3F)c(F)c2F)cc1. The average Bonchev–Trinajstić information content (AvgIpc) is 2.80. The van der Waals surface area contributed by atoms with Crippen molar-refractivity contribution in [2.75, 3.05) is 0 Å². The van der Waals surface area contributed by atoms with E-state index >= 15 is 0 Å². The molecule has 0 atom stereocenters. The normalized spacial score (nSPS) is 11.5. The predicted molar refractivity (Wildman–Crippen MR) is 95.8 cm³/mol. The lowest BCUT2D eigenvalue weighted by Crippen LogP contribution is -2.15. The minimum Gasteiger partial charge on any atom is -0.372 e. The Kier molecular flexibility index (Phi) is 6.20. The quantitative estimate of drug-likeness (QED) is 0.187. The summed E-state index contributed by atoms with van der Waals surface area (Å²) in [6.45, 7) is 3.41. The Morgan fingerprint density at radius 3 is 1.36 bits per heavy atom. The molecule has 0 aliphatic heterocycles. The van der Waals surface area contributed by atoms with Crippen molar-refractivity contribution in [3.8, 4) is 16.9 Å². The summed E-state index contributed by atoms with van der Waals surface area (Å²) in [6.07, 6.45) is 1.32. The topological polar surface area (TPSA) is 43.4 Å². The van der Waals surface area contributed by atoms with Crippen molar-refractivity contribution < 1.29 is 52.1 Å². The van der Waals surface area contributed by atoms with Crippen LogP contribution in [0.3, 0.4) is 0 Å². The Hall–Kier alpha value is -3.48. The Labute approximate surface area is 179 Å². The molecule has 3 nitrogen and oxygen atoms in total. The minimum absolute atomic E-state index is 0.426. The second-order valence-electron chi connectivity index (χ2n) is 6.22. The molecule has 0 fully saturated rings. The van der Waals surface area contributed by atoms with E-state index in [4.69, 9.17) is 0 Å². The van der Waals surface area contributed by atoms with Gasteiger partial charge in [-0.25, -0.2) is 30.7 Å². The number of halogens is 9. The highest BCUT2D eigenvalue weighted by atomic mass is 32.2. The van der Waals surface area contributed by atoms with Crippen LogP contribution in [0.1, 0.15) is 5.56 Å². The molecule has 13 heteroatoms. The van der Waals surface area contributed by atoms with Crippen molar-refractivity contribution in [1.29, 1.82) is 0 Å². The summed E-state index contributed by atoms with van der Waals surface area (Å²) in [5.74, 6) is -26.3. The van der Waals surface area contributed by atoms with Crippen molar-refractivity contribution in [3.63, 3.8) is 0 Å². The highest BCUT2D eigenvalue weighted by molar-refractivity contribution is 7.87. The maximum Gasteiger partial charge on any atom is 0.339 e. The molecule has 0 aromatic heterocycles. The third kappa shape index (κ3) is 3.92. The second-order valence-corrected chi connectivity index (χ2v) is 7.76. The van der Waals surface area contributed by atoms with Crippen LogP contribution in [-0.4, -0.2) is 8.42 Å². The van der Waals surface area contributed by atoms with Gasteiger partial charge in [-0.05, 0) is 17.7 Å². The Morgan fingerprint density at radius 2 is 0.970 bits per heavy atom. The number of rotatable bonds is 5.